The van der Waals surface area contributed by atoms with E-state index in [0.717, 1.165) is 0 Å². The average Bonchev–Trinajstić information content (AvgIpc) is 2.19. The molecule has 0 heterocycles. The molecule has 1 rings (SSSR count). The normalized spacial score (nSPS) is 10.9. The Kier molecular flexibility index (Phi) is 3.44. The highest BCUT2D eigenvalue weighted by Gasteiger charge is 2.23. The van der Waals surface area contributed by atoms with Crippen molar-refractivity contribution in [3.63, 3.8) is 0 Å². The molecule has 2 nitrogen and oxygen atoms in total. The molecule has 0 saturated carbocycles. The molecule has 0 radical (unpaired) electrons. The van der Waals surface area contributed by atoms with Crippen LogP contribution in [0.25, 0.3) is 0 Å². The topological polar surface area (TPSA) is 40.9 Å². The van der Waals surface area contributed by atoms with Gasteiger partial charge in [-0.15, -0.1) is 0 Å². The predicted molar refractivity (Wildman–Crippen MR) is 59.5 cm³/mol. The maximum absolute atomic E-state index is 13.5. The van der Waals surface area contributed by atoms with Gasteiger partial charge in [-0.05, 0) is 6.07 Å². The van der Waals surface area contributed by atoms with Gasteiger partial charge >= 0.3 is 0 Å². The highest BCUT2D eigenvalue weighted by atomic mass is 19.1. The van der Waals surface area contributed by atoms with Crippen LogP contribution in [0.4, 0.5) is 4.39 Å². The van der Waals surface area contributed by atoms with Crippen molar-refractivity contribution in [3.05, 3.63) is 35.1 Å². The minimum atomic E-state index is -0.525. The van der Waals surface area contributed by atoms with Gasteiger partial charge in [0.25, 0.3) is 0 Å². The van der Waals surface area contributed by atoms with Gasteiger partial charge in [-0.2, -0.15) is 5.26 Å². The van der Waals surface area contributed by atoms with E-state index in [1.165, 1.54) is 12.1 Å². The van der Waals surface area contributed by atoms with E-state index in [4.69, 9.17) is 5.26 Å². The van der Waals surface area contributed by atoms with Crippen molar-refractivity contribution in [1.29, 1.82) is 5.26 Å². The van der Waals surface area contributed by atoms with Crippen LogP contribution in [-0.4, -0.2) is 5.78 Å². The molecule has 1 aromatic rings. The van der Waals surface area contributed by atoms with E-state index in [9.17, 15) is 9.18 Å². The standard InChI is InChI=1S/C13H14FNO/c1-13(2,3)12(16)10-5-4-9(6-7-15)11(14)8-10/h4-5,8H,6H2,1-3H3. The van der Waals surface area contributed by atoms with Crippen molar-refractivity contribution in [2.45, 2.75) is 27.2 Å². The summed E-state index contributed by atoms with van der Waals surface area (Å²) in [5.41, 5.74) is 0.156. The molecule has 3 heteroatoms. The van der Waals surface area contributed by atoms with Crippen molar-refractivity contribution in [2.75, 3.05) is 0 Å². The summed E-state index contributed by atoms with van der Waals surface area (Å²) >= 11 is 0. The third-order valence-corrected chi connectivity index (χ3v) is 2.27. The average molecular weight is 219 g/mol. The highest BCUT2D eigenvalue weighted by Crippen LogP contribution is 2.22. The Morgan fingerprint density at radius 3 is 2.50 bits per heavy atom. The number of hydrogen-bond acceptors (Lipinski definition) is 2. The molecule has 0 bridgehead atoms. The lowest BCUT2D eigenvalue weighted by Gasteiger charge is -2.16. The van der Waals surface area contributed by atoms with Gasteiger partial charge in [0.2, 0.25) is 0 Å². The molecule has 0 amide bonds. The van der Waals surface area contributed by atoms with Crippen LogP contribution in [0, 0.1) is 22.6 Å². The number of rotatable bonds is 2. The lowest BCUT2D eigenvalue weighted by atomic mass is 9.86. The summed E-state index contributed by atoms with van der Waals surface area (Å²) in [7, 11) is 0. The summed E-state index contributed by atoms with van der Waals surface area (Å²) in [5.74, 6) is -0.591. The number of nitriles is 1. The molecule has 0 aliphatic rings. The zero-order valence-electron chi connectivity index (χ0n) is 9.67. The van der Waals surface area contributed by atoms with Crippen molar-refractivity contribution in [1.82, 2.24) is 0 Å². The van der Waals surface area contributed by atoms with Gasteiger partial charge in [-0.25, -0.2) is 4.39 Å². The van der Waals surface area contributed by atoms with E-state index in [1.54, 1.807) is 26.8 Å². The number of nitrogens with zero attached hydrogens (tertiary/aromatic N) is 1. The summed E-state index contributed by atoms with van der Waals surface area (Å²) < 4.78 is 13.5. The lowest BCUT2D eigenvalue weighted by Crippen LogP contribution is -2.20. The van der Waals surface area contributed by atoms with E-state index in [2.05, 4.69) is 0 Å². The number of hydrogen-bond donors (Lipinski definition) is 0. The van der Waals surface area contributed by atoms with Crippen LogP contribution in [0.3, 0.4) is 0 Å². The Morgan fingerprint density at radius 2 is 2.06 bits per heavy atom. The summed E-state index contributed by atoms with van der Waals surface area (Å²) in [6.45, 7) is 5.36. The van der Waals surface area contributed by atoms with Crippen LogP contribution in [0.1, 0.15) is 36.7 Å². The molecule has 0 saturated heterocycles. The van der Waals surface area contributed by atoms with Crippen molar-refractivity contribution >= 4 is 5.78 Å². The molecule has 0 unspecified atom stereocenters. The third-order valence-electron chi connectivity index (χ3n) is 2.27. The Labute approximate surface area is 94.7 Å². The first-order valence-electron chi connectivity index (χ1n) is 5.06. The monoisotopic (exact) mass is 219 g/mol. The quantitative estimate of drug-likeness (QED) is 0.717. The number of Topliss-reactive ketones (excluding diaryl/α,β-unsaturated/α-hetero) is 1. The van der Waals surface area contributed by atoms with Crippen LogP contribution < -0.4 is 0 Å². The van der Waals surface area contributed by atoms with Crippen molar-refractivity contribution in [3.8, 4) is 6.07 Å². The van der Waals surface area contributed by atoms with E-state index >= 15 is 0 Å². The van der Waals surface area contributed by atoms with Gasteiger partial charge in [-0.1, -0.05) is 32.9 Å². The fourth-order valence-corrected chi connectivity index (χ4v) is 1.35. The zero-order valence-corrected chi connectivity index (χ0v) is 9.67. The van der Waals surface area contributed by atoms with E-state index in [0.29, 0.717) is 11.1 Å². The molecular weight excluding hydrogens is 205 g/mol. The summed E-state index contributed by atoms with van der Waals surface area (Å²) in [4.78, 5) is 11.9. The van der Waals surface area contributed by atoms with Gasteiger partial charge in [-0.3, -0.25) is 4.79 Å². The van der Waals surface area contributed by atoms with Crippen LogP contribution in [0.5, 0.6) is 0 Å². The van der Waals surface area contributed by atoms with Crippen molar-refractivity contribution < 1.29 is 9.18 Å². The Balaban J connectivity index is 3.08. The molecule has 16 heavy (non-hydrogen) atoms. The molecule has 0 aliphatic heterocycles. The summed E-state index contributed by atoms with van der Waals surface area (Å²) in [5, 5.41) is 8.47. The van der Waals surface area contributed by atoms with Gasteiger partial charge in [0.15, 0.2) is 5.78 Å². The SMILES string of the molecule is CC(C)(C)C(=O)c1ccc(CC#N)c(F)c1. The molecule has 84 valence electrons. The maximum atomic E-state index is 13.5. The van der Waals surface area contributed by atoms with Crippen LogP contribution >= 0.6 is 0 Å². The van der Waals surface area contributed by atoms with E-state index in [-0.39, 0.29) is 12.2 Å². The molecular formula is C13H14FNO. The fraction of sp³-hybridized carbons (Fsp3) is 0.385. The molecule has 0 spiro atoms. The first-order chi connectivity index (χ1) is 7.36. The van der Waals surface area contributed by atoms with Gasteiger partial charge in [0, 0.05) is 16.5 Å². The molecule has 0 N–H and O–H groups in total. The number of benzene rings is 1. The van der Waals surface area contributed by atoms with E-state index in [1.807, 2.05) is 6.07 Å². The smallest absolute Gasteiger partial charge is 0.168 e. The highest BCUT2D eigenvalue weighted by molar-refractivity contribution is 5.99. The number of carbonyl (C=O) groups excluding carboxylic acids is 1. The van der Waals surface area contributed by atoms with E-state index < -0.39 is 11.2 Å². The first-order valence-corrected chi connectivity index (χ1v) is 5.06. The van der Waals surface area contributed by atoms with Crippen LogP contribution in [-0.2, 0) is 6.42 Å². The minimum absolute atomic E-state index is 0.0236. The van der Waals surface area contributed by atoms with Gasteiger partial charge in [0.05, 0.1) is 12.5 Å². The number of halogens is 1. The molecule has 0 fully saturated rings. The summed E-state index contributed by atoms with van der Waals surface area (Å²) in [6.07, 6.45) is 0.0236. The second kappa shape index (κ2) is 4.44. The molecule has 0 aromatic heterocycles. The lowest BCUT2D eigenvalue weighted by molar-refractivity contribution is 0.0858. The minimum Gasteiger partial charge on any atom is -0.294 e. The largest absolute Gasteiger partial charge is 0.294 e. The predicted octanol–water partition coefficient (Wildman–Crippen LogP) is 3.12. The maximum Gasteiger partial charge on any atom is 0.168 e. The Morgan fingerprint density at radius 1 is 1.44 bits per heavy atom. The second-order valence-electron chi connectivity index (χ2n) is 4.72. The molecule has 1 aromatic carbocycles. The number of carbonyl (C=O) groups is 1. The zero-order chi connectivity index (χ0) is 12.3. The molecule has 0 aliphatic carbocycles. The summed E-state index contributed by atoms with van der Waals surface area (Å²) in [6, 6.07) is 6.16. The molecule has 0 atom stereocenters. The van der Waals surface area contributed by atoms with Crippen LogP contribution in [0.2, 0.25) is 0 Å². The third kappa shape index (κ3) is 2.66. The van der Waals surface area contributed by atoms with Gasteiger partial charge in [0.1, 0.15) is 5.82 Å². The number of ketones is 1. The second-order valence-corrected chi connectivity index (χ2v) is 4.72. The Hall–Kier alpha value is -1.69. The van der Waals surface area contributed by atoms with Gasteiger partial charge < -0.3 is 0 Å². The fourth-order valence-electron chi connectivity index (χ4n) is 1.35. The van der Waals surface area contributed by atoms with Crippen molar-refractivity contribution in [2.24, 2.45) is 5.41 Å². The Bertz CT molecular complexity index is 452. The van der Waals surface area contributed by atoms with Crippen LogP contribution in [0.15, 0.2) is 18.2 Å². The first kappa shape index (κ1) is 12.4.